The molecule has 3 nitrogen and oxygen atoms in total. The van der Waals surface area contributed by atoms with Crippen molar-refractivity contribution in [2.75, 3.05) is 6.54 Å². The van der Waals surface area contributed by atoms with Crippen LogP contribution in [0.3, 0.4) is 0 Å². The third-order valence-electron chi connectivity index (χ3n) is 2.28. The first-order chi connectivity index (χ1) is 7.03. The largest absolute Gasteiger partial charge is 0.241 e. The lowest BCUT2D eigenvalue weighted by Crippen LogP contribution is -2.25. The third-order valence-corrected chi connectivity index (χ3v) is 4.07. The molecule has 0 aliphatic carbocycles. The summed E-state index contributed by atoms with van der Waals surface area (Å²) in [4.78, 5) is 0.439. The van der Waals surface area contributed by atoms with Crippen LogP contribution in [0.5, 0.6) is 0 Å². The van der Waals surface area contributed by atoms with Gasteiger partial charge in [-0.3, -0.25) is 0 Å². The second-order valence-corrected chi connectivity index (χ2v) is 5.12. The van der Waals surface area contributed by atoms with Crippen LogP contribution in [-0.2, 0) is 16.4 Å². The Balaban J connectivity index is 3.35. The van der Waals surface area contributed by atoms with Gasteiger partial charge in [0.05, 0.1) is 4.90 Å². The van der Waals surface area contributed by atoms with Crippen LogP contribution >= 0.6 is 0 Å². The molecule has 0 bridgehead atoms. The van der Waals surface area contributed by atoms with Gasteiger partial charge in [-0.2, -0.15) is 0 Å². The van der Waals surface area contributed by atoms with E-state index in [0.29, 0.717) is 11.4 Å². The minimum atomic E-state index is -3.33. The lowest BCUT2D eigenvalue weighted by molar-refractivity contribution is 0.582. The molecule has 0 aliphatic rings. The van der Waals surface area contributed by atoms with Gasteiger partial charge in [0.1, 0.15) is 0 Å². The van der Waals surface area contributed by atoms with E-state index in [1.807, 2.05) is 32.0 Å². The van der Waals surface area contributed by atoms with Gasteiger partial charge in [-0.1, -0.05) is 32.0 Å². The predicted molar refractivity (Wildman–Crippen MR) is 61.4 cm³/mol. The van der Waals surface area contributed by atoms with E-state index in [1.54, 1.807) is 6.92 Å². The maximum atomic E-state index is 11.9. The molecule has 0 fully saturated rings. The molecule has 0 unspecified atom stereocenters. The minimum Gasteiger partial charge on any atom is -0.211 e. The van der Waals surface area contributed by atoms with Crippen LogP contribution in [0.1, 0.15) is 25.0 Å². The van der Waals surface area contributed by atoms with Gasteiger partial charge in [0.25, 0.3) is 0 Å². The van der Waals surface area contributed by atoms with E-state index < -0.39 is 10.0 Å². The van der Waals surface area contributed by atoms with Crippen molar-refractivity contribution in [3.63, 3.8) is 0 Å². The Hall–Kier alpha value is -0.870. The summed E-state index contributed by atoms with van der Waals surface area (Å²) < 4.78 is 26.4. The summed E-state index contributed by atoms with van der Waals surface area (Å²) >= 11 is 0. The smallest absolute Gasteiger partial charge is 0.211 e. The van der Waals surface area contributed by atoms with Crippen LogP contribution in [0.15, 0.2) is 23.1 Å². The number of sulfonamides is 1. The summed E-state index contributed by atoms with van der Waals surface area (Å²) in [5.41, 5.74) is 1.67. The lowest BCUT2D eigenvalue weighted by atomic mass is 10.1. The first kappa shape index (κ1) is 12.2. The molecule has 0 aromatic heterocycles. The van der Waals surface area contributed by atoms with Gasteiger partial charge < -0.3 is 0 Å². The highest BCUT2D eigenvalue weighted by molar-refractivity contribution is 7.89. The SMILES string of the molecule is CCNS(=O)(=O)c1c(C)cccc1CC. The highest BCUT2D eigenvalue weighted by Crippen LogP contribution is 2.20. The van der Waals surface area contributed by atoms with E-state index in [1.165, 1.54) is 0 Å². The molecule has 0 saturated carbocycles. The molecule has 0 saturated heterocycles. The van der Waals surface area contributed by atoms with E-state index >= 15 is 0 Å². The van der Waals surface area contributed by atoms with Gasteiger partial charge in [-0.25, -0.2) is 13.1 Å². The van der Waals surface area contributed by atoms with Crippen molar-refractivity contribution in [2.24, 2.45) is 0 Å². The highest BCUT2D eigenvalue weighted by Gasteiger charge is 2.18. The summed E-state index contributed by atoms with van der Waals surface area (Å²) in [6.07, 6.45) is 0.724. The second-order valence-electron chi connectivity index (χ2n) is 3.42. The molecule has 4 heteroatoms. The minimum absolute atomic E-state index is 0.416. The Morgan fingerprint density at radius 2 is 1.93 bits per heavy atom. The van der Waals surface area contributed by atoms with Crippen molar-refractivity contribution in [1.82, 2.24) is 4.72 Å². The normalized spacial score (nSPS) is 11.7. The Morgan fingerprint density at radius 3 is 2.47 bits per heavy atom. The summed E-state index contributed by atoms with van der Waals surface area (Å²) in [5, 5.41) is 0. The van der Waals surface area contributed by atoms with E-state index in [-0.39, 0.29) is 0 Å². The van der Waals surface area contributed by atoms with E-state index in [9.17, 15) is 8.42 Å². The van der Waals surface area contributed by atoms with Crippen LogP contribution in [0, 0.1) is 6.92 Å². The molecule has 0 atom stereocenters. The highest BCUT2D eigenvalue weighted by atomic mass is 32.2. The zero-order valence-electron chi connectivity index (χ0n) is 9.37. The topological polar surface area (TPSA) is 46.2 Å². The number of rotatable bonds is 4. The number of hydrogen-bond acceptors (Lipinski definition) is 2. The van der Waals surface area contributed by atoms with Gasteiger partial charge in [0.15, 0.2) is 0 Å². The summed E-state index contributed by atoms with van der Waals surface area (Å²) in [7, 11) is -3.33. The molecule has 0 spiro atoms. The van der Waals surface area contributed by atoms with Gasteiger partial charge in [-0.05, 0) is 24.5 Å². The number of aryl methyl sites for hydroxylation is 2. The molecule has 1 aromatic rings. The Morgan fingerprint density at radius 1 is 1.27 bits per heavy atom. The van der Waals surface area contributed by atoms with E-state index in [0.717, 1.165) is 17.5 Å². The van der Waals surface area contributed by atoms with Gasteiger partial charge in [-0.15, -0.1) is 0 Å². The fraction of sp³-hybridized carbons (Fsp3) is 0.455. The molecule has 15 heavy (non-hydrogen) atoms. The van der Waals surface area contributed by atoms with Crippen LogP contribution in [0.2, 0.25) is 0 Å². The quantitative estimate of drug-likeness (QED) is 0.853. The van der Waals surface area contributed by atoms with E-state index in [2.05, 4.69) is 4.72 Å². The zero-order valence-corrected chi connectivity index (χ0v) is 10.2. The monoisotopic (exact) mass is 227 g/mol. The number of benzene rings is 1. The first-order valence-corrected chi connectivity index (χ1v) is 6.59. The van der Waals surface area contributed by atoms with Crippen molar-refractivity contribution >= 4 is 10.0 Å². The molecule has 1 N–H and O–H groups in total. The number of hydrogen-bond donors (Lipinski definition) is 1. The van der Waals surface area contributed by atoms with Gasteiger partial charge in [0.2, 0.25) is 10.0 Å². The van der Waals surface area contributed by atoms with Crippen molar-refractivity contribution < 1.29 is 8.42 Å². The van der Waals surface area contributed by atoms with Crippen LogP contribution in [0.4, 0.5) is 0 Å². The Labute approximate surface area is 91.6 Å². The zero-order chi connectivity index (χ0) is 11.5. The summed E-state index contributed by atoms with van der Waals surface area (Å²) in [5.74, 6) is 0. The second kappa shape index (κ2) is 4.77. The molecule has 0 amide bonds. The predicted octanol–water partition coefficient (Wildman–Crippen LogP) is 1.86. The maximum absolute atomic E-state index is 11.9. The van der Waals surface area contributed by atoms with Crippen molar-refractivity contribution in [3.05, 3.63) is 29.3 Å². The van der Waals surface area contributed by atoms with Crippen LogP contribution in [-0.4, -0.2) is 15.0 Å². The first-order valence-electron chi connectivity index (χ1n) is 5.11. The van der Waals surface area contributed by atoms with Crippen molar-refractivity contribution in [2.45, 2.75) is 32.1 Å². The molecular formula is C11H17NO2S. The molecule has 0 heterocycles. The average molecular weight is 227 g/mol. The third kappa shape index (κ3) is 2.58. The molecule has 0 aliphatic heterocycles. The maximum Gasteiger partial charge on any atom is 0.241 e. The summed E-state index contributed by atoms with van der Waals surface area (Å²) in [6, 6.07) is 5.57. The summed E-state index contributed by atoms with van der Waals surface area (Å²) in [6.45, 7) is 5.98. The fourth-order valence-corrected chi connectivity index (χ4v) is 3.21. The number of nitrogens with one attached hydrogen (secondary N) is 1. The van der Waals surface area contributed by atoms with Crippen LogP contribution in [0.25, 0.3) is 0 Å². The molecule has 84 valence electrons. The van der Waals surface area contributed by atoms with Crippen LogP contribution < -0.4 is 4.72 Å². The Bertz CT molecular complexity index is 438. The van der Waals surface area contributed by atoms with Crippen molar-refractivity contribution in [3.8, 4) is 0 Å². The molecule has 1 rings (SSSR count). The van der Waals surface area contributed by atoms with E-state index in [4.69, 9.17) is 0 Å². The lowest BCUT2D eigenvalue weighted by Gasteiger charge is -2.11. The van der Waals surface area contributed by atoms with Crippen molar-refractivity contribution in [1.29, 1.82) is 0 Å². The van der Waals surface area contributed by atoms with Gasteiger partial charge >= 0.3 is 0 Å². The fourth-order valence-electron chi connectivity index (χ4n) is 1.64. The average Bonchev–Trinajstić information content (AvgIpc) is 2.16. The standard InChI is InChI=1S/C11H17NO2S/c1-4-10-8-6-7-9(3)11(10)15(13,14)12-5-2/h6-8,12H,4-5H2,1-3H3. The Kier molecular flexibility index (Phi) is 3.88. The molecular weight excluding hydrogens is 210 g/mol. The van der Waals surface area contributed by atoms with Gasteiger partial charge in [0, 0.05) is 6.54 Å². The molecule has 0 radical (unpaired) electrons. The molecule has 1 aromatic carbocycles.